The van der Waals surface area contributed by atoms with Gasteiger partial charge in [0.2, 0.25) is 0 Å². The Hall–Kier alpha value is -3.35. The Kier molecular flexibility index (Phi) is 28.5. The number of hydrogen-bond donors (Lipinski definition) is 3. The Morgan fingerprint density at radius 1 is 0.491 bits per heavy atom. The smallest absolute Gasteiger partial charge is 0.342 e. The molecule has 0 fully saturated rings. The van der Waals surface area contributed by atoms with E-state index >= 15 is 0 Å². The number of carbonyl (C=O) groups is 3. The second-order valence-electron chi connectivity index (χ2n) is 16.6. The molecule has 7 heteroatoms. The maximum Gasteiger partial charge on any atom is 0.342 e. The van der Waals surface area contributed by atoms with Crippen LogP contribution in [0.25, 0.3) is 0 Å². The van der Waals surface area contributed by atoms with E-state index < -0.39 is 18.0 Å². The van der Waals surface area contributed by atoms with Crippen LogP contribution in [0, 0.1) is 0 Å². The molecule has 2 aromatic rings. The molecule has 322 valence electrons. The van der Waals surface area contributed by atoms with Gasteiger partial charge in [-0.1, -0.05) is 200 Å². The van der Waals surface area contributed by atoms with Crippen molar-refractivity contribution in [2.45, 2.75) is 225 Å². The van der Waals surface area contributed by atoms with E-state index in [0.29, 0.717) is 24.0 Å². The minimum absolute atomic E-state index is 0.0715. The van der Waals surface area contributed by atoms with Crippen LogP contribution in [0.2, 0.25) is 0 Å². The lowest BCUT2D eigenvalue weighted by Crippen LogP contribution is -2.14. The van der Waals surface area contributed by atoms with Gasteiger partial charge in [-0.15, -0.1) is 0 Å². The second kappa shape index (κ2) is 32.6. The molecule has 0 aliphatic rings. The van der Waals surface area contributed by atoms with E-state index in [1.807, 2.05) is 0 Å². The van der Waals surface area contributed by atoms with Crippen LogP contribution in [0.1, 0.15) is 262 Å². The number of Topliss-reactive ketones (excluding diaryl/α,β-unsaturated/α-hetero) is 1. The monoisotopic (exact) mass is 793 g/mol. The first-order valence-electron chi connectivity index (χ1n) is 23.4. The molecule has 0 aliphatic heterocycles. The first-order chi connectivity index (χ1) is 27.8. The van der Waals surface area contributed by atoms with Crippen LogP contribution >= 0.6 is 0 Å². The number of carbonyl (C=O) groups excluding carboxylic acids is 2. The van der Waals surface area contributed by atoms with Gasteiger partial charge >= 0.3 is 11.9 Å². The van der Waals surface area contributed by atoms with E-state index in [2.05, 4.69) is 13.8 Å². The molecule has 0 saturated carbocycles. The fourth-order valence-corrected chi connectivity index (χ4v) is 7.79. The second-order valence-corrected chi connectivity index (χ2v) is 16.6. The number of carboxylic acid groups (broad SMARTS) is 1. The number of esters is 1. The molecule has 0 aromatic heterocycles. The van der Waals surface area contributed by atoms with Gasteiger partial charge in [-0.3, -0.25) is 4.79 Å². The summed E-state index contributed by atoms with van der Waals surface area (Å²) in [6.07, 6.45) is 37.3. The van der Waals surface area contributed by atoms with Crippen molar-refractivity contribution >= 4 is 17.7 Å². The van der Waals surface area contributed by atoms with Crippen LogP contribution in [0.4, 0.5) is 0 Å². The third-order valence-corrected chi connectivity index (χ3v) is 11.5. The van der Waals surface area contributed by atoms with Crippen LogP contribution in [-0.4, -0.2) is 33.0 Å². The number of ether oxygens (including phenoxy) is 1. The molecule has 3 N–H and O–H groups in total. The van der Waals surface area contributed by atoms with Gasteiger partial charge in [0.15, 0.2) is 5.78 Å². The zero-order valence-corrected chi connectivity index (χ0v) is 36.1. The van der Waals surface area contributed by atoms with E-state index in [1.165, 1.54) is 172 Å². The lowest BCUT2D eigenvalue weighted by molar-refractivity contribution is 0.0267. The third-order valence-electron chi connectivity index (χ3n) is 11.5. The summed E-state index contributed by atoms with van der Waals surface area (Å²) >= 11 is 0. The van der Waals surface area contributed by atoms with Gasteiger partial charge in [0.25, 0.3) is 0 Å². The van der Waals surface area contributed by atoms with Crippen LogP contribution < -0.4 is 0 Å². The summed E-state index contributed by atoms with van der Waals surface area (Å²) in [5.74, 6) is -2.75. The number of carboxylic acids is 1. The minimum atomic E-state index is -1.27. The highest BCUT2D eigenvalue weighted by atomic mass is 16.5. The molecule has 0 aliphatic carbocycles. The summed E-state index contributed by atoms with van der Waals surface area (Å²) in [6, 6.07) is 8.55. The molecule has 1 unspecified atom stereocenters. The molecular formula is C50H80O7. The van der Waals surface area contributed by atoms with Crippen molar-refractivity contribution in [3.63, 3.8) is 0 Å². The van der Waals surface area contributed by atoms with Crippen molar-refractivity contribution in [1.29, 1.82) is 0 Å². The molecule has 0 heterocycles. The van der Waals surface area contributed by atoms with Crippen molar-refractivity contribution in [3.8, 4) is 11.5 Å². The average Bonchev–Trinajstić information content (AvgIpc) is 3.20. The lowest BCUT2D eigenvalue weighted by Gasteiger charge is -2.20. The van der Waals surface area contributed by atoms with Gasteiger partial charge in [0, 0.05) is 12.0 Å². The minimum Gasteiger partial charge on any atom is -0.507 e. The lowest BCUT2D eigenvalue weighted by atomic mass is 9.98. The molecule has 2 rings (SSSR count). The van der Waals surface area contributed by atoms with Gasteiger partial charge in [0.1, 0.15) is 28.7 Å². The molecule has 0 saturated heterocycles. The summed E-state index contributed by atoms with van der Waals surface area (Å²) in [5, 5.41) is 30.4. The van der Waals surface area contributed by atoms with Gasteiger partial charge in [-0.25, -0.2) is 9.59 Å². The number of aromatic carboxylic acids is 1. The first-order valence-corrected chi connectivity index (χ1v) is 23.4. The molecule has 0 amide bonds. The molecular weight excluding hydrogens is 713 g/mol. The van der Waals surface area contributed by atoms with Crippen LogP contribution in [0.15, 0.2) is 36.4 Å². The van der Waals surface area contributed by atoms with Gasteiger partial charge in [-0.05, 0) is 55.2 Å². The van der Waals surface area contributed by atoms with Crippen molar-refractivity contribution in [3.05, 3.63) is 58.7 Å². The Labute approximate surface area is 346 Å². The summed E-state index contributed by atoms with van der Waals surface area (Å²) in [6.45, 7) is 4.51. The third kappa shape index (κ3) is 23.0. The zero-order valence-electron chi connectivity index (χ0n) is 36.1. The molecule has 1 atom stereocenters. The number of unbranched alkanes of at least 4 members (excludes halogenated alkanes) is 28. The topological polar surface area (TPSA) is 121 Å². The van der Waals surface area contributed by atoms with E-state index in [-0.39, 0.29) is 28.4 Å². The Bertz CT molecular complexity index is 1370. The fourth-order valence-electron chi connectivity index (χ4n) is 7.79. The number of benzene rings is 2. The zero-order chi connectivity index (χ0) is 41.4. The number of rotatable bonds is 37. The normalized spacial score (nSPS) is 11.8. The van der Waals surface area contributed by atoms with Crippen LogP contribution in [0.5, 0.6) is 11.5 Å². The predicted octanol–water partition coefficient (Wildman–Crippen LogP) is 15.4. The molecule has 2 aromatic carbocycles. The van der Waals surface area contributed by atoms with Crippen molar-refractivity contribution in [2.75, 3.05) is 0 Å². The Morgan fingerprint density at radius 2 is 0.877 bits per heavy atom. The maximum absolute atomic E-state index is 13.5. The molecule has 0 spiro atoms. The van der Waals surface area contributed by atoms with Crippen LogP contribution in [-0.2, 0) is 4.74 Å². The van der Waals surface area contributed by atoms with E-state index in [9.17, 15) is 29.7 Å². The van der Waals surface area contributed by atoms with E-state index in [4.69, 9.17) is 4.74 Å². The summed E-state index contributed by atoms with van der Waals surface area (Å²) in [7, 11) is 0. The molecule has 7 nitrogen and oxygen atoms in total. The van der Waals surface area contributed by atoms with Crippen molar-refractivity contribution in [2.24, 2.45) is 0 Å². The highest BCUT2D eigenvalue weighted by molar-refractivity contribution is 6.00. The number of hydrogen-bond acceptors (Lipinski definition) is 6. The van der Waals surface area contributed by atoms with Crippen molar-refractivity contribution < 1.29 is 34.4 Å². The Morgan fingerprint density at radius 3 is 1.32 bits per heavy atom. The number of aromatic hydroxyl groups is 2. The summed E-state index contributed by atoms with van der Waals surface area (Å²) in [4.78, 5) is 38.4. The number of ketones is 1. The number of phenolic OH excluding ortho intramolecular Hbond substituents is 1. The largest absolute Gasteiger partial charge is 0.507 e. The number of phenols is 2. The summed E-state index contributed by atoms with van der Waals surface area (Å²) in [5.41, 5.74) is 0.473. The van der Waals surface area contributed by atoms with Crippen LogP contribution in [0.3, 0.4) is 0 Å². The Balaban J connectivity index is 1.79. The predicted molar refractivity (Wildman–Crippen MR) is 235 cm³/mol. The molecule has 0 bridgehead atoms. The average molecular weight is 793 g/mol. The maximum atomic E-state index is 13.5. The van der Waals surface area contributed by atoms with Gasteiger partial charge in [-0.2, -0.15) is 0 Å². The molecule has 57 heavy (non-hydrogen) atoms. The summed E-state index contributed by atoms with van der Waals surface area (Å²) < 4.78 is 5.94. The van der Waals surface area contributed by atoms with Gasteiger partial charge in [0.05, 0.1) is 0 Å². The van der Waals surface area contributed by atoms with E-state index in [0.717, 1.165) is 44.9 Å². The first kappa shape index (κ1) is 49.8. The quantitative estimate of drug-likeness (QED) is 0.0354. The highest BCUT2D eigenvalue weighted by Gasteiger charge is 2.23. The molecule has 0 radical (unpaired) electrons. The highest BCUT2D eigenvalue weighted by Crippen LogP contribution is 2.31. The standard InChI is InChI=1S/C50H80O7/c1-3-5-7-9-11-13-15-17-19-21-23-25-27-29-31-33-45(51)41-35-37-47(53)44(39-41)50(56)57-48(42-36-38-46(52)43(40-42)49(54)55)34-32-30-28-26-24-22-20-18-16-14-12-10-8-6-4-2/h35-40,48,52-53H,3-34H2,1-2H3,(H,54,55). The van der Waals surface area contributed by atoms with E-state index in [1.54, 1.807) is 12.1 Å². The fraction of sp³-hybridized carbons (Fsp3) is 0.700. The SMILES string of the molecule is CCCCCCCCCCCCCCCCCC(=O)c1ccc(O)c(C(=O)OC(CCCCCCCCCCCCCCCCC)c2ccc(O)c(C(=O)O)c2)c1. The van der Waals surface area contributed by atoms with Crippen molar-refractivity contribution in [1.82, 2.24) is 0 Å². The van der Waals surface area contributed by atoms with Gasteiger partial charge < -0.3 is 20.1 Å².